The molecule has 2 nitrogen and oxygen atoms in total. The van der Waals surface area contributed by atoms with Crippen LogP contribution in [0.4, 0.5) is 0 Å². The van der Waals surface area contributed by atoms with Crippen molar-refractivity contribution in [3.05, 3.63) is 42.7 Å². The first kappa shape index (κ1) is 10.9. The molecular weight excluding hydrogens is 174 g/mol. The Kier molecular flexibility index (Phi) is 3.84. The number of pyridine rings is 1. The molecule has 76 valence electrons. The molecule has 1 unspecified atom stereocenters. The fourth-order valence-electron chi connectivity index (χ4n) is 1.51. The third-order valence-corrected chi connectivity index (χ3v) is 2.20. The van der Waals surface area contributed by atoms with Crippen molar-refractivity contribution < 1.29 is 4.74 Å². The molecule has 0 aromatic carbocycles. The van der Waals surface area contributed by atoms with Gasteiger partial charge in [0.2, 0.25) is 0 Å². The van der Waals surface area contributed by atoms with Crippen LogP contribution in [0.1, 0.15) is 26.0 Å². The van der Waals surface area contributed by atoms with Gasteiger partial charge in [0.15, 0.2) is 0 Å². The highest BCUT2D eigenvalue weighted by Crippen LogP contribution is 2.27. The Bertz CT molecular complexity index is 284. The lowest BCUT2D eigenvalue weighted by molar-refractivity contribution is -0.0302. The molecule has 0 aliphatic rings. The van der Waals surface area contributed by atoms with E-state index in [1.54, 1.807) is 6.20 Å². The second-order valence-electron chi connectivity index (χ2n) is 3.37. The molecule has 0 N–H and O–H groups in total. The molecule has 1 rings (SSSR count). The molecule has 2 heteroatoms. The van der Waals surface area contributed by atoms with Gasteiger partial charge < -0.3 is 4.74 Å². The van der Waals surface area contributed by atoms with Gasteiger partial charge in [-0.3, -0.25) is 4.98 Å². The van der Waals surface area contributed by atoms with E-state index in [0.717, 1.165) is 12.1 Å². The second kappa shape index (κ2) is 4.91. The smallest absolute Gasteiger partial charge is 0.111 e. The minimum Gasteiger partial charge on any atom is -0.369 e. The third-order valence-electron chi connectivity index (χ3n) is 2.20. The summed E-state index contributed by atoms with van der Waals surface area (Å²) >= 11 is 0. The van der Waals surface area contributed by atoms with E-state index < -0.39 is 0 Å². The van der Waals surface area contributed by atoms with Crippen LogP contribution in [-0.2, 0) is 10.3 Å². The van der Waals surface area contributed by atoms with E-state index in [4.69, 9.17) is 4.74 Å². The standard InChI is InChI=1S/C12H17NO/c1-4-9-12(3,14-5-2)11-8-6-7-10-13-11/h4,6-8,10H,1,5,9H2,2-3H3. The van der Waals surface area contributed by atoms with E-state index in [1.807, 2.05) is 38.1 Å². The minimum atomic E-state index is -0.336. The average molecular weight is 191 g/mol. The van der Waals surface area contributed by atoms with Crippen LogP contribution < -0.4 is 0 Å². The van der Waals surface area contributed by atoms with Crippen molar-refractivity contribution in [2.24, 2.45) is 0 Å². The van der Waals surface area contributed by atoms with Gasteiger partial charge in [-0.25, -0.2) is 0 Å². The molecule has 1 heterocycles. The van der Waals surface area contributed by atoms with E-state index >= 15 is 0 Å². The first-order chi connectivity index (χ1) is 6.73. The maximum atomic E-state index is 5.72. The SMILES string of the molecule is C=CCC(C)(OCC)c1ccccn1. The molecule has 0 radical (unpaired) electrons. The summed E-state index contributed by atoms with van der Waals surface area (Å²) < 4.78 is 5.72. The third kappa shape index (κ3) is 2.42. The Morgan fingerprint density at radius 3 is 2.86 bits per heavy atom. The first-order valence-corrected chi connectivity index (χ1v) is 4.89. The lowest BCUT2D eigenvalue weighted by Crippen LogP contribution is -2.26. The number of hydrogen-bond donors (Lipinski definition) is 0. The fraction of sp³-hybridized carbons (Fsp3) is 0.417. The van der Waals surface area contributed by atoms with E-state index in [1.165, 1.54) is 0 Å². The Hall–Kier alpha value is -1.15. The lowest BCUT2D eigenvalue weighted by Gasteiger charge is -2.27. The van der Waals surface area contributed by atoms with Gasteiger partial charge in [0.25, 0.3) is 0 Å². The van der Waals surface area contributed by atoms with Crippen molar-refractivity contribution in [1.82, 2.24) is 4.98 Å². The highest BCUT2D eigenvalue weighted by Gasteiger charge is 2.26. The van der Waals surface area contributed by atoms with Crippen LogP contribution in [0.15, 0.2) is 37.1 Å². The molecule has 14 heavy (non-hydrogen) atoms. The molecule has 0 bridgehead atoms. The summed E-state index contributed by atoms with van der Waals surface area (Å²) in [7, 11) is 0. The first-order valence-electron chi connectivity index (χ1n) is 4.89. The molecule has 0 amide bonds. The fourth-order valence-corrected chi connectivity index (χ4v) is 1.51. The van der Waals surface area contributed by atoms with E-state index in [9.17, 15) is 0 Å². The van der Waals surface area contributed by atoms with Gasteiger partial charge in [0.05, 0.1) is 5.69 Å². The quantitative estimate of drug-likeness (QED) is 0.668. The summed E-state index contributed by atoms with van der Waals surface area (Å²) in [6, 6.07) is 5.87. The zero-order valence-corrected chi connectivity index (χ0v) is 8.86. The van der Waals surface area contributed by atoms with Crippen molar-refractivity contribution in [2.45, 2.75) is 25.9 Å². The molecule has 0 saturated heterocycles. The summed E-state index contributed by atoms with van der Waals surface area (Å²) in [6.45, 7) is 8.46. The van der Waals surface area contributed by atoms with Gasteiger partial charge in [0.1, 0.15) is 5.60 Å². The highest BCUT2D eigenvalue weighted by atomic mass is 16.5. The van der Waals surface area contributed by atoms with Crippen molar-refractivity contribution in [2.75, 3.05) is 6.61 Å². The number of aromatic nitrogens is 1. The molecule has 0 aliphatic heterocycles. The molecule has 0 spiro atoms. The van der Waals surface area contributed by atoms with Crippen LogP contribution in [0.2, 0.25) is 0 Å². The van der Waals surface area contributed by atoms with E-state index in [0.29, 0.717) is 6.61 Å². The molecule has 0 saturated carbocycles. The Morgan fingerprint density at radius 2 is 2.36 bits per heavy atom. The Labute approximate surface area is 85.6 Å². The molecule has 1 atom stereocenters. The molecule has 0 aliphatic carbocycles. The summed E-state index contributed by atoms with van der Waals surface area (Å²) in [4.78, 5) is 4.32. The number of hydrogen-bond acceptors (Lipinski definition) is 2. The monoisotopic (exact) mass is 191 g/mol. The maximum Gasteiger partial charge on any atom is 0.111 e. The van der Waals surface area contributed by atoms with Crippen molar-refractivity contribution >= 4 is 0 Å². The van der Waals surface area contributed by atoms with Crippen molar-refractivity contribution in [3.8, 4) is 0 Å². The summed E-state index contributed by atoms with van der Waals surface area (Å²) in [5, 5.41) is 0. The van der Waals surface area contributed by atoms with Crippen LogP contribution in [0.3, 0.4) is 0 Å². The topological polar surface area (TPSA) is 22.1 Å². The van der Waals surface area contributed by atoms with Gasteiger partial charge in [-0.15, -0.1) is 6.58 Å². The van der Waals surface area contributed by atoms with Gasteiger partial charge >= 0.3 is 0 Å². The summed E-state index contributed by atoms with van der Waals surface area (Å²) in [5.41, 5.74) is 0.624. The maximum absolute atomic E-state index is 5.72. The van der Waals surface area contributed by atoms with Crippen LogP contribution in [0.5, 0.6) is 0 Å². The average Bonchev–Trinajstić information content (AvgIpc) is 2.20. The van der Waals surface area contributed by atoms with Crippen molar-refractivity contribution in [3.63, 3.8) is 0 Å². The summed E-state index contributed by atoms with van der Waals surface area (Å²) in [5.74, 6) is 0. The zero-order valence-electron chi connectivity index (χ0n) is 8.86. The van der Waals surface area contributed by atoms with Crippen LogP contribution in [-0.4, -0.2) is 11.6 Å². The van der Waals surface area contributed by atoms with Gasteiger partial charge in [0, 0.05) is 12.8 Å². The lowest BCUT2D eigenvalue weighted by atomic mass is 9.97. The minimum absolute atomic E-state index is 0.336. The number of nitrogens with zero attached hydrogens (tertiary/aromatic N) is 1. The molecular formula is C12H17NO. The van der Waals surface area contributed by atoms with Gasteiger partial charge in [-0.1, -0.05) is 12.1 Å². The summed E-state index contributed by atoms with van der Waals surface area (Å²) in [6.07, 6.45) is 4.43. The predicted octanol–water partition coefficient (Wildman–Crippen LogP) is 2.91. The zero-order chi connectivity index (χ0) is 10.4. The van der Waals surface area contributed by atoms with E-state index in [-0.39, 0.29) is 5.60 Å². The van der Waals surface area contributed by atoms with Crippen LogP contribution >= 0.6 is 0 Å². The second-order valence-corrected chi connectivity index (χ2v) is 3.37. The highest BCUT2D eigenvalue weighted by molar-refractivity contribution is 5.13. The normalized spacial score (nSPS) is 14.7. The van der Waals surface area contributed by atoms with Gasteiger partial charge in [-0.05, 0) is 32.4 Å². The van der Waals surface area contributed by atoms with E-state index in [2.05, 4.69) is 11.6 Å². The van der Waals surface area contributed by atoms with Crippen LogP contribution in [0.25, 0.3) is 0 Å². The predicted molar refractivity (Wildman–Crippen MR) is 58.0 cm³/mol. The number of ether oxygens (including phenoxy) is 1. The number of rotatable bonds is 5. The Balaban J connectivity index is 2.92. The largest absolute Gasteiger partial charge is 0.369 e. The molecule has 1 aromatic heterocycles. The molecule has 0 fully saturated rings. The van der Waals surface area contributed by atoms with Crippen molar-refractivity contribution in [1.29, 1.82) is 0 Å². The van der Waals surface area contributed by atoms with Gasteiger partial charge in [-0.2, -0.15) is 0 Å². The Morgan fingerprint density at radius 1 is 1.57 bits per heavy atom. The van der Waals surface area contributed by atoms with Crippen LogP contribution in [0, 0.1) is 0 Å². The molecule has 1 aromatic rings.